The van der Waals surface area contributed by atoms with E-state index < -0.39 is 0 Å². The zero-order chi connectivity index (χ0) is 12.5. The maximum Gasteiger partial charge on any atom is 0.267 e. The maximum atomic E-state index is 12.3. The van der Waals surface area contributed by atoms with Crippen LogP contribution in [-0.4, -0.2) is 46.7 Å². The second-order valence-electron chi connectivity index (χ2n) is 5.11. The normalized spacial score (nSPS) is 17.2. The van der Waals surface area contributed by atoms with Gasteiger partial charge in [-0.05, 0) is 11.5 Å². The molecular weight excluding hydrogens is 238 g/mol. The fourth-order valence-electron chi connectivity index (χ4n) is 1.73. The van der Waals surface area contributed by atoms with Crippen LogP contribution in [0.5, 0.6) is 0 Å². The van der Waals surface area contributed by atoms with Gasteiger partial charge in [-0.25, -0.2) is 0 Å². The van der Waals surface area contributed by atoms with Crippen molar-refractivity contribution >= 4 is 17.4 Å². The van der Waals surface area contributed by atoms with Crippen LogP contribution in [-0.2, 0) is 10.2 Å². The van der Waals surface area contributed by atoms with Gasteiger partial charge in [-0.1, -0.05) is 25.3 Å². The van der Waals surface area contributed by atoms with Gasteiger partial charge in [0.05, 0.1) is 18.9 Å². The van der Waals surface area contributed by atoms with E-state index in [1.54, 1.807) is 0 Å². The number of hydrogen-bond acceptors (Lipinski definition) is 5. The van der Waals surface area contributed by atoms with Crippen molar-refractivity contribution in [2.75, 3.05) is 26.3 Å². The van der Waals surface area contributed by atoms with Crippen molar-refractivity contribution in [1.82, 2.24) is 14.5 Å². The van der Waals surface area contributed by atoms with E-state index in [0.717, 1.165) is 5.69 Å². The molecule has 0 radical (unpaired) electrons. The number of morpholine rings is 1. The third kappa shape index (κ3) is 2.63. The predicted molar refractivity (Wildman–Crippen MR) is 65.3 cm³/mol. The highest BCUT2D eigenvalue weighted by Gasteiger charge is 2.29. The van der Waals surface area contributed by atoms with Gasteiger partial charge in [0.1, 0.15) is 4.88 Å². The smallest absolute Gasteiger partial charge is 0.267 e. The van der Waals surface area contributed by atoms with Crippen LogP contribution in [0.1, 0.15) is 36.1 Å². The highest BCUT2D eigenvalue weighted by molar-refractivity contribution is 7.08. The Balaban J connectivity index is 2.22. The van der Waals surface area contributed by atoms with Crippen LogP contribution in [0.25, 0.3) is 0 Å². The highest BCUT2D eigenvalue weighted by atomic mass is 32.1. The summed E-state index contributed by atoms with van der Waals surface area (Å²) in [5.74, 6) is 0.0354. The van der Waals surface area contributed by atoms with Gasteiger partial charge in [-0.2, -0.15) is 0 Å². The molecular formula is C11H17N3O2S. The van der Waals surface area contributed by atoms with Gasteiger partial charge >= 0.3 is 0 Å². The van der Waals surface area contributed by atoms with Crippen molar-refractivity contribution < 1.29 is 9.53 Å². The van der Waals surface area contributed by atoms with E-state index in [4.69, 9.17) is 4.74 Å². The molecule has 0 saturated carbocycles. The molecule has 2 rings (SSSR count). The number of rotatable bonds is 1. The topological polar surface area (TPSA) is 55.3 Å². The van der Waals surface area contributed by atoms with Crippen molar-refractivity contribution in [3.8, 4) is 0 Å². The van der Waals surface area contributed by atoms with Crippen LogP contribution in [0.15, 0.2) is 0 Å². The van der Waals surface area contributed by atoms with Crippen molar-refractivity contribution in [3.05, 3.63) is 10.6 Å². The van der Waals surface area contributed by atoms with Gasteiger partial charge < -0.3 is 9.64 Å². The summed E-state index contributed by atoms with van der Waals surface area (Å²) in [7, 11) is 0. The summed E-state index contributed by atoms with van der Waals surface area (Å²) in [6.07, 6.45) is 0. The van der Waals surface area contributed by atoms with Gasteiger partial charge in [0, 0.05) is 18.5 Å². The Kier molecular flexibility index (Phi) is 3.44. The van der Waals surface area contributed by atoms with Gasteiger partial charge in [-0.15, -0.1) is 5.10 Å². The van der Waals surface area contributed by atoms with Gasteiger partial charge in [0.2, 0.25) is 0 Å². The van der Waals surface area contributed by atoms with Gasteiger partial charge in [0.25, 0.3) is 5.91 Å². The molecule has 0 spiro atoms. The average Bonchev–Trinajstić information content (AvgIpc) is 2.78. The van der Waals surface area contributed by atoms with E-state index >= 15 is 0 Å². The lowest BCUT2D eigenvalue weighted by Gasteiger charge is -2.27. The number of hydrogen-bond donors (Lipinski definition) is 0. The number of carbonyl (C=O) groups is 1. The van der Waals surface area contributed by atoms with E-state index in [0.29, 0.717) is 31.2 Å². The quantitative estimate of drug-likeness (QED) is 0.759. The maximum absolute atomic E-state index is 12.3. The summed E-state index contributed by atoms with van der Waals surface area (Å²) >= 11 is 1.19. The van der Waals surface area contributed by atoms with Crippen LogP contribution in [0, 0.1) is 0 Å². The summed E-state index contributed by atoms with van der Waals surface area (Å²) in [5.41, 5.74) is 0.642. The molecule has 0 aromatic carbocycles. The highest BCUT2D eigenvalue weighted by Crippen LogP contribution is 2.26. The number of amides is 1. The van der Waals surface area contributed by atoms with Crippen molar-refractivity contribution in [3.63, 3.8) is 0 Å². The molecule has 0 bridgehead atoms. The second kappa shape index (κ2) is 4.70. The minimum Gasteiger partial charge on any atom is -0.378 e. The Labute approximate surface area is 105 Å². The summed E-state index contributed by atoms with van der Waals surface area (Å²) in [5, 5.41) is 4.09. The predicted octanol–water partition coefficient (Wildman–Crippen LogP) is 1.31. The lowest BCUT2D eigenvalue weighted by molar-refractivity contribution is 0.0304. The molecule has 1 aromatic rings. The second-order valence-corrected chi connectivity index (χ2v) is 5.86. The first kappa shape index (κ1) is 12.4. The van der Waals surface area contributed by atoms with E-state index in [9.17, 15) is 4.79 Å². The Morgan fingerprint density at radius 2 is 2.00 bits per heavy atom. The molecule has 1 amide bonds. The van der Waals surface area contributed by atoms with Crippen molar-refractivity contribution in [2.45, 2.75) is 26.2 Å². The third-order valence-electron chi connectivity index (χ3n) is 2.69. The van der Waals surface area contributed by atoms with Crippen LogP contribution in [0.3, 0.4) is 0 Å². The van der Waals surface area contributed by atoms with Crippen molar-refractivity contribution in [2.24, 2.45) is 0 Å². The minimum atomic E-state index is -0.149. The fraction of sp³-hybridized carbons (Fsp3) is 0.727. The number of nitrogens with zero attached hydrogens (tertiary/aromatic N) is 3. The zero-order valence-electron chi connectivity index (χ0n) is 10.4. The molecule has 0 aliphatic carbocycles. The number of ether oxygens (including phenoxy) is 1. The van der Waals surface area contributed by atoms with E-state index in [-0.39, 0.29) is 11.3 Å². The molecule has 94 valence electrons. The first-order valence-corrected chi connectivity index (χ1v) is 6.47. The standard InChI is InChI=1S/C11H17N3O2S/c1-11(2,3)9-8(17-13-12-9)10(15)14-4-6-16-7-5-14/h4-7H2,1-3H3. The lowest BCUT2D eigenvalue weighted by atomic mass is 9.91. The Bertz CT molecular complexity index is 405. The van der Waals surface area contributed by atoms with E-state index in [2.05, 4.69) is 9.59 Å². The molecule has 1 aromatic heterocycles. The first-order valence-electron chi connectivity index (χ1n) is 5.70. The SMILES string of the molecule is CC(C)(C)c1nnsc1C(=O)N1CCOCC1. The lowest BCUT2D eigenvalue weighted by Crippen LogP contribution is -2.41. The number of aromatic nitrogens is 2. The Hall–Kier alpha value is -1.01. The number of carbonyl (C=O) groups excluding carboxylic acids is 1. The molecule has 0 atom stereocenters. The zero-order valence-corrected chi connectivity index (χ0v) is 11.2. The first-order chi connectivity index (χ1) is 8.00. The Morgan fingerprint density at radius 3 is 2.59 bits per heavy atom. The van der Waals surface area contributed by atoms with Crippen molar-refractivity contribution in [1.29, 1.82) is 0 Å². The van der Waals surface area contributed by atoms with Gasteiger partial charge in [0.15, 0.2) is 0 Å². The Morgan fingerprint density at radius 1 is 1.35 bits per heavy atom. The summed E-state index contributed by atoms with van der Waals surface area (Å²) < 4.78 is 9.16. The molecule has 5 nitrogen and oxygen atoms in total. The van der Waals surface area contributed by atoms with Gasteiger partial charge in [-0.3, -0.25) is 4.79 Å². The molecule has 6 heteroatoms. The summed E-state index contributed by atoms with van der Waals surface area (Å²) in [4.78, 5) is 14.8. The van der Waals surface area contributed by atoms with Crippen LogP contribution in [0.2, 0.25) is 0 Å². The van der Waals surface area contributed by atoms with Crippen LogP contribution < -0.4 is 0 Å². The molecule has 2 heterocycles. The summed E-state index contributed by atoms with van der Waals surface area (Å²) in [6.45, 7) is 8.66. The largest absolute Gasteiger partial charge is 0.378 e. The monoisotopic (exact) mass is 255 g/mol. The van der Waals surface area contributed by atoms with Crippen LogP contribution in [0.4, 0.5) is 0 Å². The van der Waals surface area contributed by atoms with E-state index in [1.807, 2.05) is 25.7 Å². The van der Waals surface area contributed by atoms with E-state index in [1.165, 1.54) is 11.5 Å². The molecule has 1 aliphatic heterocycles. The molecule has 1 fully saturated rings. The molecule has 17 heavy (non-hydrogen) atoms. The third-order valence-corrected chi connectivity index (χ3v) is 3.40. The summed E-state index contributed by atoms with van der Waals surface area (Å²) in [6, 6.07) is 0. The fourth-order valence-corrected chi connectivity index (χ4v) is 2.58. The molecule has 1 saturated heterocycles. The molecule has 1 aliphatic rings. The molecule has 0 N–H and O–H groups in total. The minimum absolute atomic E-state index is 0.0354. The average molecular weight is 255 g/mol. The molecule has 0 unspecified atom stereocenters. The van der Waals surface area contributed by atoms with Crippen LogP contribution >= 0.6 is 11.5 Å².